The van der Waals surface area contributed by atoms with Gasteiger partial charge in [0.05, 0.1) is 30.7 Å². The normalized spacial score (nSPS) is 11.1. The van der Waals surface area contributed by atoms with Crippen LogP contribution in [0.1, 0.15) is 0 Å². The van der Waals surface area contributed by atoms with Crippen molar-refractivity contribution in [2.45, 2.75) is 0 Å². The molecule has 0 aliphatic carbocycles. The van der Waals surface area contributed by atoms with Gasteiger partial charge in [0.2, 0.25) is 5.88 Å². The van der Waals surface area contributed by atoms with Gasteiger partial charge in [-0.15, -0.1) is 0 Å². The molecule has 3 aromatic carbocycles. The Morgan fingerprint density at radius 1 is 0.875 bits per heavy atom. The molecule has 0 amide bonds. The molecule has 0 spiro atoms. The molecule has 0 radical (unpaired) electrons. The smallest absolute Gasteiger partial charge is 0.262 e. The second-order valence-corrected chi connectivity index (χ2v) is 7.45. The number of rotatable bonds is 5. The summed E-state index contributed by atoms with van der Waals surface area (Å²) in [5, 5.41) is 4.73. The molecular formula is C26H22N2O4. The minimum Gasteiger partial charge on any atom is -0.493 e. The number of hydrogen-bond acceptors (Lipinski definition) is 5. The van der Waals surface area contributed by atoms with Gasteiger partial charge in [0.15, 0.2) is 17.1 Å². The third kappa shape index (κ3) is 3.08. The molecule has 6 nitrogen and oxygen atoms in total. The topological polar surface area (TPSA) is 65.6 Å². The van der Waals surface area contributed by atoms with Crippen molar-refractivity contribution in [2.75, 3.05) is 19.5 Å². The van der Waals surface area contributed by atoms with Crippen molar-refractivity contribution < 1.29 is 13.9 Å². The van der Waals surface area contributed by atoms with Crippen LogP contribution in [0.25, 0.3) is 33.0 Å². The van der Waals surface area contributed by atoms with Gasteiger partial charge in [-0.2, -0.15) is 0 Å². The fraction of sp³-hybridized carbons (Fsp3) is 0.115. The highest BCUT2D eigenvalue weighted by molar-refractivity contribution is 6.11. The Balaban J connectivity index is 1.87. The molecule has 0 saturated heterocycles. The van der Waals surface area contributed by atoms with Gasteiger partial charge in [0, 0.05) is 18.1 Å². The van der Waals surface area contributed by atoms with E-state index in [1.165, 1.54) is 0 Å². The van der Waals surface area contributed by atoms with Crippen LogP contribution in [-0.4, -0.2) is 18.8 Å². The molecule has 0 saturated carbocycles. The summed E-state index contributed by atoms with van der Waals surface area (Å²) < 4.78 is 18.9. The standard InChI is InChI=1S/C26H22N2O4/c1-28-19-12-8-7-11-18(19)24-23(26(28)29)22(16-13-14-20(30-2)21(15-16)31-3)25(32-24)27-17-9-5-4-6-10-17/h4-15,27H,1-3H3. The lowest BCUT2D eigenvalue weighted by molar-refractivity contribution is 0.355. The van der Waals surface area contributed by atoms with Crippen molar-refractivity contribution in [3.63, 3.8) is 0 Å². The van der Waals surface area contributed by atoms with E-state index in [1.807, 2.05) is 72.8 Å². The van der Waals surface area contributed by atoms with E-state index >= 15 is 0 Å². The fourth-order valence-corrected chi connectivity index (χ4v) is 4.07. The number of anilines is 2. The van der Waals surface area contributed by atoms with Gasteiger partial charge >= 0.3 is 0 Å². The first-order valence-corrected chi connectivity index (χ1v) is 10.2. The fourth-order valence-electron chi connectivity index (χ4n) is 4.07. The largest absolute Gasteiger partial charge is 0.493 e. The summed E-state index contributed by atoms with van der Waals surface area (Å²) >= 11 is 0. The van der Waals surface area contributed by atoms with Crippen LogP contribution in [0, 0.1) is 0 Å². The van der Waals surface area contributed by atoms with Gasteiger partial charge in [-0.1, -0.05) is 36.4 Å². The summed E-state index contributed by atoms with van der Waals surface area (Å²) in [6, 6.07) is 23.0. The SMILES string of the molecule is COc1ccc(-c2c(Nc3ccccc3)oc3c2c(=O)n(C)c2ccccc32)cc1OC. The number of ether oxygens (including phenoxy) is 2. The molecule has 5 aromatic rings. The van der Waals surface area contributed by atoms with Crippen LogP contribution in [0.3, 0.4) is 0 Å². The minimum absolute atomic E-state index is 0.131. The third-order valence-corrected chi connectivity index (χ3v) is 5.64. The zero-order valence-electron chi connectivity index (χ0n) is 18.0. The number of hydrogen-bond donors (Lipinski definition) is 1. The van der Waals surface area contributed by atoms with Crippen LogP contribution in [0.2, 0.25) is 0 Å². The predicted molar refractivity (Wildman–Crippen MR) is 127 cm³/mol. The van der Waals surface area contributed by atoms with Crippen LogP contribution in [-0.2, 0) is 7.05 Å². The van der Waals surface area contributed by atoms with Gasteiger partial charge in [-0.3, -0.25) is 4.79 Å². The molecule has 5 rings (SSSR count). The van der Waals surface area contributed by atoms with Gasteiger partial charge < -0.3 is 23.8 Å². The quantitative estimate of drug-likeness (QED) is 0.390. The Morgan fingerprint density at radius 2 is 1.59 bits per heavy atom. The summed E-state index contributed by atoms with van der Waals surface area (Å²) in [5.74, 6) is 1.68. The van der Waals surface area contributed by atoms with E-state index in [9.17, 15) is 4.79 Å². The van der Waals surface area contributed by atoms with Crippen molar-refractivity contribution in [1.29, 1.82) is 0 Å². The first-order valence-electron chi connectivity index (χ1n) is 10.2. The molecule has 0 atom stereocenters. The van der Waals surface area contributed by atoms with Gasteiger partial charge in [0.25, 0.3) is 5.56 Å². The van der Waals surface area contributed by atoms with Crippen molar-refractivity contribution in [1.82, 2.24) is 4.57 Å². The van der Waals surface area contributed by atoms with E-state index in [0.717, 1.165) is 22.2 Å². The molecule has 6 heteroatoms. The molecule has 2 heterocycles. The second-order valence-electron chi connectivity index (χ2n) is 7.45. The Labute approximate surface area is 184 Å². The van der Waals surface area contributed by atoms with Gasteiger partial charge in [-0.25, -0.2) is 0 Å². The lowest BCUT2D eigenvalue weighted by Crippen LogP contribution is -2.17. The highest BCUT2D eigenvalue weighted by atomic mass is 16.5. The maximum Gasteiger partial charge on any atom is 0.262 e. The first-order chi connectivity index (χ1) is 15.6. The molecule has 1 N–H and O–H groups in total. The van der Waals surface area contributed by atoms with Crippen LogP contribution < -0.4 is 20.3 Å². The zero-order chi connectivity index (χ0) is 22.2. The number of pyridine rings is 1. The summed E-state index contributed by atoms with van der Waals surface area (Å²) in [4.78, 5) is 13.5. The Kier molecular flexibility index (Phi) is 4.82. The average molecular weight is 426 g/mol. The van der Waals surface area contributed by atoms with E-state index in [-0.39, 0.29) is 5.56 Å². The van der Waals surface area contributed by atoms with Crippen molar-refractivity contribution in [2.24, 2.45) is 7.05 Å². The molecule has 0 fully saturated rings. The molecule has 0 unspecified atom stereocenters. The van der Waals surface area contributed by atoms with E-state index in [1.54, 1.807) is 25.8 Å². The van der Waals surface area contributed by atoms with E-state index in [0.29, 0.717) is 33.9 Å². The Bertz CT molecular complexity index is 1500. The van der Waals surface area contributed by atoms with Crippen molar-refractivity contribution in [3.8, 4) is 22.6 Å². The second kappa shape index (κ2) is 7.81. The molecule has 32 heavy (non-hydrogen) atoms. The number of methoxy groups -OCH3 is 2. The van der Waals surface area contributed by atoms with Crippen LogP contribution in [0.15, 0.2) is 82.0 Å². The molecule has 0 aliphatic heterocycles. The number of nitrogens with one attached hydrogen (secondary N) is 1. The number of furan rings is 1. The van der Waals surface area contributed by atoms with Crippen molar-refractivity contribution >= 4 is 33.4 Å². The third-order valence-electron chi connectivity index (χ3n) is 5.64. The molecule has 0 aliphatic rings. The zero-order valence-corrected chi connectivity index (χ0v) is 18.0. The number of fused-ring (bicyclic) bond motifs is 3. The maximum absolute atomic E-state index is 13.5. The number of aromatic nitrogens is 1. The van der Waals surface area contributed by atoms with Crippen molar-refractivity contribution in [3.05, 3.63) is 83.2 Å². The van der Waals surface area contributed by atoms with E-state index in [4.69, 9.17) is 13.9 Å². The summed E-state index contributed by atoms with van der Waals surface area (Å²) in [6.45, 7) is 0. The summed E-state index contributed by atoms with van der Waals surface area (Å²) in [7, 11) is 4.96. The summed E-state index contributed by atoms with van der Waals surface area (Å²) in [6.07, 6.45) is 0. The molecular weight excluding hydrogens is 404 g/mol. The molecule has 0 bridgehead atoms. The van der Waals surface area contributed by atoms with Crippen LogP contribution in [0.4, 0.5) is 11.6 Å². The summed E-state index contributed by atoms with van der Waals surface area (Å²) in [5.41, 5.74) is 3.54. The lowest BCUT2D eigenvalue weighted by Gasteiger charge is -2.11. The number of benzene rings is 3. The van der Waals surface area contributed by atoms with Crippen LogP contribution in [0.5, 0.6) is 11.5 Å². The van der Waals surface area contributed by atoms with Crippen LogP contribution >= 0.6 is 0 Å². The predicted octanol–water partition coefficient (Wildman–Crippen LogP) is 5.71. The first kappa shape index (κ1) is 19.8. The number of nitrogens with zero attached hydrogens (tertiary/aromatic N) is 1. The maximum atomic E-state index is 13.5. The highest BCUT2D eigenvalue weighted by Gasteiger charge is 2.23. The molecule has 2 aromatic heterocycles. The average Bonchev–Trinajstić information content (AvgIpc) is 3.22. The number of para-hydroxylation sites is 2. The Morgan fingerprint density at radius 3 is 2.34 bits per heavy atom. The lowest BCUT2D eigenvalue weighted by atomic mass is 10.0. The van der Waals surface area contributed by atoms with E-state index < -0.39 is 0 Å². The van der Waals surface area contributed by atoms with E-state index in [2.05, 4.69) is 5.32 Å². The highest BCUT2D eigenvalue weighted by Crippen LogP contribution is 2.43. The Hall–Kier alpha value is -4.19. The minimum atomic E-state index is -0.131. The number of aryl methyl sites for hydroxylation is 1. The van der Waals surface area contributed by atoms with Gasteiger partial charge in [-0.05, 0) is 42.0 Å². The monoisotopic (exact) mass is 426 g/mol. The van der Waals surface area contributed by atoms with Gasteiger partial charge in [0.1, 0.15) is 0 Å². The molecule has 160 valence electrons.